The summed E-state index contributed by atoms with van der Waals surface area (Å²) in [5.41, 5.74) is 7.07. The van der Waals surface area contributed by atoms with E-state index in [4.69, 9.17) is 5.73 Å². The summed E-state index contributed by atoms with van der Waals surface area (Å²) in [6.07, 6.45) is 2.88. The number of nitrogens with zero attached hydrogens (tertiary/aromatic N) is 3. The molecule has 0 aliphatic carbocycles. The fraction of sp³-hybridized carbons (Fsp3) is 0.455. The average Bonchev–Trinajstić information content (AvgIpc) is 2.83. The summed E-state index contributed by atoms with van der Waals surface area (Å²) in [5, 5.41) is 8.42. The Bertz CT molecular complexity index is 484. The van der Waals surface area contributed by atoms with Crippen LogP contribution in [0.4, 0.5) is 0 Å². The highest BCUT2D eigenvalue weighted by Crippen LogP contribution is 2.29. The van der Waals surface area contributed by atoms with Gasteiger partial charge in [-0.05, 0) is 24.5 Å². The number of hydrogen-bond donors (Lipinski definition) is 2. The van der Waals surface area contributed by atoms with Crippen molar-refractivity contribution in [3.05, 3.63) is 24.2 Å². The summed E-state index contributed by atoms with van der Waals surface area (Å²) < 4.78 is 2.13. The number of fused-ring (bicyclic) bond motifs is 1. The van der Waals surface area contributed by atoms with Gasteiger partial charge in [-0.25, -0.2) is 0 Å². The van der Waals surface area contributed by atoms with E-state index in [1.165, 1.54) is 0 Å². The molecule has 3 rings (SSSR count). The van der Waals surface area contributed by atoms with Crippen LogP contribution >= 0.6 is 0 Å². The maximum Gasteiger partial charge on any atom is 0.180 e. The van der Waals surface area contributed by atoms with Crippen LogP contribution in [-0.4, -0.2) is 19.7 Å². The first kappa shape index (κ1) is 9.59. The van der Waals surface area contributed by atoms with Crippen molar-refractivity contribution >= 4 is 0 Å². The van der Waals surface area contributed by atoms with Gasteiger partial charge in [0.25, 0.3) is 0 Å². The molecule has 0 aromatic carbocycles. The Morgan fingerprint density at radius 2 is 2.38 bits per heavy atom. The zero-order valence-corrected chi connectivity index (χ0v) is 9.22. The van der Waals surface area contributed by atoms with Gasteiger partial charge in [-0.2, -0.15) is 0 Å². The van der Waals surface area contributed by atoms with E-state index in [9.17, 15) is 0 Å². The molecule has 0 fully saturated rings. The summed E-state index contributed by atoms with van der Waals surface area (Å²) >= 11 is 0. The van der Waals surface area contributed by atoms with Crippen molar-refractivity contribution in [2.45, 2.75) is 25.9 Å². The van der Waals surface area contributed by atoms with E-state index >= 15 is 0 Å². The van der Waals surface area contributed by atoms with Gasteiger partial charge in [-0.3, -0.25) is 0 Å². The molecule has 0 spiro atoms. The van der Waals surface area contributed by atoms with Crippen LogP contribution in [0, 0.1) is 5.92 Å². The largest absolute Gasteiger partial charge is 0.359 e. The molecule has 5 nitrogen and oxygen atoms in total. The van der Waals surface area contributed by atoms with E-state index in [-0.39, 0.29) is 6.04 Å². The Morgan fingerprint density at radius 1 is 1.50 bits per heavy atom. The van der Waals surface area contributed by atoms with Gasteiger partial charge in [0.15, 0.2) is 5.82 Å². The molecule has 0 bridgehead atoms. The zero-order chi connectivity index (χ0) is 11.1. The third-order valence-electron chi connectivity index (χ3n) is 3.10. The van der Waals surface area contributed by atoms with Crippen LogP contribution in [0.25, 0.3) is 11.5 Å². The number of aromatic amines is 1. The van der Waals surface area contributed by atoms with Gasteiger partial charge in [-0.15, -0.1) is 10.2 Å². The smallest absolute Gasteiger partial charge is 0.180 e. The predicted octanol–water partition coefficient (Wildman–Crippen LogP) is 1.31. The van der Waals surface area contributed by atoms with E-state index in [1.54, 1.807) is 0 Å². The third-order valence-corrected chi connectivity index (χ3v) is 3.10. The highest BCUT2D eigenvalue weighted by molar-refractivity contribution is 5.49. The molecule has 16 heavy (non-hydrogen) atoms. The number of rotatable bonds is 1. The first-order valence-corrected chi connectivity index (χ1v) is 5.58. The van der Waals surface area contributed by atoms with Crippen LogP contribution in [0.2, 0.25) is 0 Å². The molecule has 5 heteroatoms. The van der Waals surface area contributed by atoms with Crippen molar-refractivity contribution in [3.63, 3.8) is 0 Å². The number of hydrogen-bond acceptors (Lipinski definition) is 3. The van der Waals surface area contributed by atoms with Crippen LogP contribution in [-0.2, 0) is 6.54 Å². The minimum atomic E-state index is 0.0139. The van der Waals surface area contributed by atoms with Crippen LogP contribution in [0.3, 0.4) is 0 Å². The number of H-pyrrole nitrogens is 1. The Kier molecular flexibility index (Phi) is 2.07. The highest BCUT2D eigenvalue weighted by atomic mass is 15.3. The summed E-state index contributed by atoms with van der Waals surface area (Å²) in [6, 6.07) is 3.98. The highest BCUT2D eigenvalue weighted by Gasteiger charge is 2.26. The van der Waals surface area contributed by atoms with E-state index in [0.29, 0.717) is 5.92 Å². The number of nitrogens with two attached hydrogens (primary N) is 1. The molecule has 2 aromatic heterocycles. The monoisotopic (exact) mass is 217 g/mol. The van der Waals surface area contributed by atoms with Crippen molar-refractivity contribution in [2.24, 2.45) is 11.7 Å². The minimum absolute atomic E-state index is 0.0139. The molecule has 0 saturated carbocycles. The second-order valence-corrected chi connectivity index (χ2v) is 4.52. The molecule has 3 heterocycles. The SMILES string of the molecule is CC1CC(N)c2nnc(-c3ccc[nH]3)n2C1. The van der Waals surface area contributed by atoms with Gasteiger partial charge in [0.1, 0.15) is 5.82 Å². The Hall–Kier alpha value is -1.62. The van der Waals surface area contributed by atoms with Crippen molar-refractivity contribution in [1.82, 2.24) is 19.7 Å². The van der Waals surface area contributed by atoms with Gasteiger partial charge < -0.3 is 15.3 Å². The van der Waals surface area contributed by atoms with Gasteiger partial charge in [0.2, 0.25) is 0 Å². The van der Waals surface area contributed by atoms with Crippen molar-refractivity contribution in [1.29, 1.82) is 0 Å². The lowest BCUT2D eigenvalue weighted by Crippen LogP contribution is -2.27. The average molecular weight is 217 g/mol. The van der Waals surface area contributed by atoms with Gasteiger partial charge in [-0.1, -0.05) is 6.92 Å². The van der Waals surface area contributed by atoms with Crippen LogP contribution in [0.1, 0.15) is 25.2 Å². The lowest BCUT2D eigenvalue weighted by Gasteiger charge is -2.25. The van der Waals surface area contributed by atoms with Crippen LogP contribution in [0.15, 0.2) is 18.3 Å². The molecule has 0 amide bonds. The third kappa shape index (κ3) is 1.36. The first-order chi connectivity index (χ1) is 7.75. The molecule has 1 aliphatic rings. The molecule has 3 N–H and O–H groups in total. The molecule has 2 atom stereocenters. The van der Waals surface area contributed by atoms with Crippen molar-refractivity contribution in [2.75, 3.05) is 0 Å². The second-order valence-electron chi connectivity index (χ2n) is 4.52. The standard InChI is InChI=1S/C11H15N5/c1-7-5-8(12)10-14-15-11(16(10)6-7)9-3-2-4-13-9/h2-4,7-8,13H,5-6,12H2,1H3. The fourth-order valence-corrected chi connectivity index (χ4v) is 2.36. The number of aromatic nitrogens is 4. The lowest BCUT2D eigenvalue weighted by molar-refractivity contribution is 0.348. The molecule has 1 aliphatic heterocycles. The van der Waals surface area contributed by atoms with Gasteiger partial charge in [0.05, 0.1) is 11.7 Å². The molecule has 2 aromatic rings. The van der Waals surface area contributed by atoms with Crippen LogP contribution in [0.5, 0.6) is 0 Å². The number of nitrogens with one attached hydrogen (secondary N) is 1. The van der Waals surface area contributed by atoms with Gasteiger partial charge in [0, 0.05) is 12.7 Å². The molecular formula is C11H15N5. The van der Waals surface area contributed by atoms with Crippen molar-refractivity contribution in [3.8, 4) is 11.5 Å². The minimum Gasteiger partial charge on any atom is -0.359 e. The molecular weight excluding hydrogens is 202 g/mol. The van der Waals surface area contributed by atoms with E-state index in [1.807, 2.05) is 18.3 Å². The molecule has 2 unspecified atom stereocenters. The summed E-state index contributed by atoms with van der Waals surface area (Å²) in [4.78, 5) is 3.16. The van der Waals surface area contributed by atoms with Gasteiger partial charge >= 0.3 is 0 Å². The summed E-state index contributed by atoms with van der Waals surface area (Å²) in [6.45, 7) is 3.16. The second kappa shape index (κ2) is 3.45. The van der Waals surface area contributed by atoms with E-state index in [2.05, 4.69) is 26.7 Å². The topological polar surface area (TPSA) is 72.5 Å². The van der Waals surface area contributed by atoms with E-state index in [0.717, 1.165) is 30.3 Å². The molecule has 0 saturated heterocycles. The zero-order valence-electron chi connectivity index (χ0n) is 9.22. The quantitative estimate of drug-likeness (QED) is 0.756. The molecule has 84 valence electrons. The Morgan fingerprint density at radius 3 is 3.12 bits per heavy atom. The van der Waals surface area contributed by atoms with Crippen LogP contribution < -0.4 is 5.73 Å². The Labute approximate surface area is 93.7 Å². The fourth-order valence-electron chi connectivity index (χ4n) is 2.36. The maximum absolute atomic E-state index is 6.07. The Balaban J connectivity index is 2.10. The normalized spacial score (nSPS) is 24.4. The van der Waals surface area contributed by atoms with Crippen molar-refractivity contribution < 1.29 is 0 Å². The molecule has 0 radical (unpaired) electrons. The summed E-state index contributed by atoms with van der Waals surface area (Å²) in [7, 11) is 0. The first-order valence-electron chi connectivity index (χ1n) is 5.58. The lowest BCUT2D eigenvalue weighted by atomic mass is 9.98. The van der Waals surface area contributed by atoms with E-state index < -0.39 is 0 Å². The maximum atomic E-state index is 6.07. The summed E-state index contributed by atoms with van der Waals surface area (Å²) in [5.74, 6) is 2.37. The predicted molar refractivity (Wildman–Crippen MR) is 60.5 cm³/mol.